The van der Waals surface area contributed by atoms with Gasteiger partial charge in [0.05, 0.1) is 10.6 Å². The Morgan fingerprint density at radius 3 is 2.67 bits per heavy atom. The quantitative estimate of drug-likeness (QED) is 0.626. The number of nitro benzene ring substituents is 1. The maximum absolute atomic E-state index is 11.2. The second-order valence-corrected chi connectivity index (χ2v) is 6.20. The average Bonchev–Trinajstić information content (AvgIpc) is 2.75. The van der Waals surface area contributed by atoms with E-state index in [2.05, 4.69) is 15.9 Å². The first-order valence-corrected chi connectivity index (χ1v) is 7.55. The largest absolute Gasteiger partial charge is 0.477 e. The van der Waals surface area contributed by atoms with Crippen LogP contribution in [0.4, 0.5) is 11.4 Å². The van der Waals surface area contributed by atoms with Gasteiger partial charge in [-0.25, -0.2) is 4.79 Å². The van der Waals surface area contributed by atoms with Gasteiger partial charge >= 0.3 is 5.97 Å². The van der Waals surface area contributed by atoms with Crippen molar-refractivity contribution in [3.63, 3.8) is 0 Å². The summed E-state index contributed by atoms with van der Waals surface area (Å²) >= 11 is 4.26. The van der Waals surface area contributed by atoms with E-state index in [1.807, 2.05) is 6.92 Å². The number of carbonyl (C=O) groups is 1. The highest BCUT2D eigenvalue weighted by atomic mass is 79.9. The van der Waals surface area contributed by atoms with Crippen molar-refractivity contribution >= 4 is 44.6 Å². The highest BCUT2D eigenvalue weighted by molar-refractivity contribution is 9.10. The summed E-state index contributed by atoms with van der Waals surface area (Å²) in [6.45, 7) is 1.86. The van der Waals surface area contributed by atoms with Crippen molar-refractivity contribution in [1.29, 1.82) is 0 Å². The van der Waals surface area contributed by atoms with Gasteiger partial charge in [0.2, 0.25) is 0 Å². The molecular formula is C13H11BrN2O4S. The summed E-state index contributed by atoms with van der Waals surface area (Å²) in [5, 5.41) is 20.1. The van der Waals surface area contributed by atoms with E-state index in [1.54, 1.807) is 6.07 Å². The molecule has 1 aromatic carbocycles. The Morgan fingerprint density at radius 2 is 2.14 bits per heavy atom. The molecule has 0 saturated heterocycles. The minimum absolute atomic E-state index is 0.0597. The fourth-order valence-corrected chi connectivity index (χ4v) is 3.65. The van der Waals surface area contributed by atoms with Crippen LogP contribution in [0.2, 0.25) is 0 Å². The molecule has 0 aliphatic carbocycles. The molecule has 110 valence electrons. The minimum atomic E-state index is -1.09. The Morgan fingerprint density at radius 1 is 1.48 bits per heavy atom. The van der Waals surface area contributed by atoms with Crippen molar-refractivity contribution in [2.24, 2.45) is 0 Å². The molecule has 0 unspecified atom stereocenters. The number of non-ortho nitro benzene ring substituents is 1. The first-order chi connectivity index (χ1) is 9.85. The van der Waals surface area contributed by atoms with Crippen LogP contribution in [0.5, 0.6) is 0 Å². The Balaban J connectivity index is 2.69. The number of nitro groups is 1. The van der Waals surface area contributed by atoms with Crippen molar-refractivity contribution in [3.05, 3.63) is 43.2 Å². The molecule has 2 aromatic rings. The van der Waals surface area contributed by atoms with Gasteiger partial charge in [-0.05, 0) is 23.6 Å². The van der Waals surface area contributed by atoms with Gasteiger partial charge in [-0.15, -0.1) is 11.3 Å². The van der Waals surface area contributed by atoms with Gasteiger partial charge in [-0.2, -0.15) is 0 Å². The second-order valence-electron chi connectivity index (χ2n) is 4.27. The fourth-order valence-electron chi connectivity index (χ4n) is 2.03. The molecule has 0 aliphatic heterocycles. The van der Waals surface area contributed by atoms with Crippen molar-refractivity contribution in [1.82, 2.24) is 0 Å². The smallest absolute Gasteiger partial charge is 0.348 e. The van der Waals surface area contributed by atoms with Gasteiger partial charge in [0.25, 0.3) is 5.69 Å². The predicted molar refractivity (Wildman–Crippen MR) is 84.9 cm³/mol. The molecule has 0 atom stereocenters. The molecule has 0 spiro atoms. The number of aromatic carboxylic acids is 1. The van der Waals surface area contributed by atoms with E-state index in [-0.39, 0.29) is 16.3 Å². The summed E-state index contributed by atoms with van der Waals surface area (Å²) < 4.78 is 0.553. The molecular weight excluding hydrogens is 360 g/mol. The molecule has 0 amide bonds. The summed E-state index contributed by atoms with van der Waals surface area (Å²) in [5.41, 5.74) is 7.32. The number of rotatable bonds is 4. The molecule has 2 rings (SSSR count). The Hall–Kier alpha value is -1.93. The average molecular weight is 371 g/mol. The summed E-state index contributed by atoms with van der Waals surface area (Å²) in [6.07, 6.45) is 0.547. The Kier molecular flexibility index (Phi) is 4.29. The lowest BCUT2D eigenvalue weighted by Crippen LogP contribution is -1.99. The van der Waals surface area contributed by atoms with E-state index in [0.717, 1.165) is 11.3 Å². The molecule has 0 aliphatic rings. The van der Waals surface area contributed by atoms with E-state index in [4.69, 9.17) is 10.8 Å². The van der Waals surface area contributed by atoms with Crippen LogP contribution in [-0.4, -0.2) is 16.0 Å². The third-order valence-corrected chi connectivity index (χ3v) is 4.69. The topological polar surface area (TPSA) is 106 Å². The third kappa shape index (κ3) is 2.91. The number of halogens is 1. The summed E-state index contributed by atoms with van der Waals surface area (Å²) in [4.78, 5) is 22.3. The fraction of sp³-hybridized carbons (Fsp3) is 0.154. The van der Waals surface area contributed by atoms with E-state index in [1.165, 1.54) is 12.1 Å². The van der Waals surface area contributed by atoms with Gasteiger partial charge in [0.15, 0.2) is 0 Å². The van der Waals surface area contributed by atoms with Crippen LogP contribution in [0.3, 0.4) is 0 Å². The number of carboxylic acids is 1. The number of thiophene rings is 1. The van der Waals surface area contributed by atoms with E-state index >= 15 is 0 Å². The number of nitrogens with zero attached hydrogens (tertiary/aromatic N) is 1. The van der Waals surface area contributed by atoms with Crippen molar-refractivity contribution < 1.29 is 14.8 Å². The monoisotopic (exact) mass is 370 g/mol. The molecule has 8 heteroatoms. The van der Waals surface area contributed by atoms with Crippen LogP contribution in [-0.2, 0) is 6.42 Å². The summed E-state index contributed by atoms with van der Waals surface area (Å²) in [5.74, 6) is -1.09. The van der Waals surface area contributed by atoms with Crippen LogP contribution in [0.25, 0.3) is 10.4 Å². The Labute approximate surface area is 132 Å². The standard InChI is InChI=1S/C13H11BrN2O4S/c1-2-9-10(15)12(13(17)18)21-11(9)6-3-7(14)5-8(4-6)16(19)20/h3-5H,2,15H2,1H3,(H,17,18). The number of nitrogen functional groups attached to an aromatic ring is 1. The number of carboxylic acid groups (broad SMARTS) is 1. The Bertz CT molecular complexity index is 742. The maximum Gasteiger partial charge on any atom is 0.348 e. The highest BCUT2D eigenvalue weighted by Gasteiger charge is 2.21. The van der Waals surface area contributed by atoms with Crippen LogP contribution < -0.4 is 5.73 Å². The van der Waals surface area contributed by atoms with Crippen LogP contribution in [0.1, 0.15) is 22.2 Å². The number of anilines is 1. The lowest BCUT2D eigenvalue weighted by atomic mass is 10.1. The van der Waals surface area contributed by atoms with Crippen LogP contribution in [0.15, 0.2) is 22.7 Å². The lowest BCUT2D eigenvalue weighted by molar-refractivity contribution is -0.384. The number of hydrogen-bond acceptors (Lipinski definition) is 5. The SMILES string of the molecule is CCc1c(-c2cc(Br)cc([N+](=O)[O-])c2)sc(C(=O)O)c1N. The van der Waals surface area contributed by atoms with Crippen molar-refractivity contribution in [2.75, 3.05) is 5.73 Å². The van der Waals surface area contributed by atoms with Crippen LogP contribution >= 0.6 is 27.3 Å². The van der Waals surface area contributed by atoms with E-state index in [0.29, 0.717) is 26.9 Å². The molecule has 1 heterocycles. The number of benzene rings is 1. The normalized spacial score (nSPS) is 10.6. The zero-order valence-electron chi connectivity index (χ0n) is 10.9. The minimum Gasteiger partial charge on any atom is -0.477 e. The van der Waals surface area contributed by atoms with Gasteiger partial charge in [-0.3, -0.25) is 10.1 Å². The summed E-state index contributed by atoms with van der Waals surface area (Å²) in [6, 6.07) is 4.52. The second kappa shape index (κ2) is 5.82. The zero-order chi connectivity index (χ0) is 15.7. The predicted octanol–water partition coefficient (Wildman–Crippen LogP) is 3.93. The van der Waals surface area contributed by atoms with Crippen molar-refractivity contribution in [3.8, 4) is 10.4 Å². The molecule has 6 nitrogen and oxygen atoms in total. The number of hydrogen-bond donors (Lipinski definition) is 2. The first kappa shape index (κ1) is 15.5. The number of nitrogens with two attached hydrogens (primary N) is 1. The van der Waals surface area contributed by atoms with Gasteiger partial charge in [-0.1, -0.05) is 22.9 Å². The van der Waals surface area contributed by atoms with Crippen molar-refractivity contribution in [2.45, 2.75) is 13.3 Å². The molecule has 1 aromatic heterocycles. The highest BCUT2D eigenvalue weighted by Crippen LogP contribution is 2.41. The molecule has 3 N–H and O–H groups in total. The third-order valence-electron chi connectivity index (χ3n) is 2.95. The van der Waals surface area contributed by atoms with Crippen LogP contribution in [0, 0.1) is 10.1 Å². The maximum atomic E-state index is 11.2. The molecule has 0 saturated carbocycles. The lowest BCUT2D eigenvalue weighted by Gasteiger charge is -2.04. The summed E-state index contributed by atoms with van der Waals surface area (Å²) in [7, 11) is 0. The molecule has 0 bridgehead atoms. The van der Waals surface area contributed by atoms with Gasteiger partial charge in [0, 0.05) is 21.5 Å². The zero-order valence-corrected chi connectivity index (χ0v) is 13.3. The molecule has 0 radical (unpaired) electrons. The first-order valence-electron chi connectivity index (χ1n) is 5.95. The van der Waals surface area contributed by atoms with E-state index < -0.39 is 10.9 Å². The molecule has 21 heavy (non-hydrogen) atoms. The molecule has 0 fully saturated rings. The van der Waals surface area contributed by atoms with E-state index in [9.17, 15) is 14.9 Å². The van der Waals surface area contributed by atoms with Gasteiger partial charge in [0.1, 0.15) is 4.88 Å². The van der Waals surface area contributed by atoms with Gasteiger partial charge < -0.3 is 10.8 Å².